The van der Waals surface area contributed by atoms with Crippen LogP contribution in [0.1, 0.15) is 26.7 Å². The van der Waals surface area contributed by atoms with Crippen LogP contribution in [0, 0.1) is 11.3 Å². The number of nitrogens with one attached hydrogen (secondary N) is 1. The molecule has 1 heterocycles. The Bertz CT molecular complexity index is 576. The van der Waals surface area contributed by atoms with Gasteiger partial charge in [-0.05, 0) is 37.1 Å². The van der Waals surface area contributed by atoms with Crippen LogP contribution in [-0.4, -0.2) is 31.3 Å². The second-order valence-corrected chi connectivity index (χ2v) is 6.81. The molecule has 0 spiro atoms. The van der Waals surface area contributed by atoms with E-state index >= 15 is 0 Å². The van der Waals surface area contributed by atoms with Crippen LogP contribution in [0.25, 0.3) is 0 Å². The summed E-state index contributed by atoms with van der Waals surface area (Å²) in [4.78, 5) is 12.8. The van der Waals surface area contributed by atoms with Crippen molar-refractivity contribution in [2.75, 3.05) is 19.0 Å². The largest absolute Gasteiger partial charge is 0.497 e. The number of methoxy groups -OCH3 is 1. The Hall–Kier alpha value is -1.30. The highest BCUT2D eigenvalue weighted by atomic mass is 35.5. The van der Waals surface area contributed by atoms with E-state index in [9.17, 15) is 4.79 Å². The van der Waals surface area contributed by atoms with Crippen molar-refractivity contribution in [3.8, 4) is 5.75 Å². The highest BCUT2D eigenvalue weighted by Gasteiger charge is 2.70. The summed E-state index contributed by atoms with van der Waals surface area (Å²) < 4.78 is 11.0. The molecule has 1 saturated heterocycles. The molecule has 1 amide bonds. The molecule has 1 aliphatic carbocycles. The molecule has 3 rings (SSSR count). The molecule has 2 aliphatic rings. The van der Waals surface area contributed by atoms with Crippen molar-refractivity contribution < 1.29 is 14.3 Å². The van der Waals surface area contributed by atoms with Crippen molar-refractivity contribution in [3.63, 3.8) is 0 Å². The van der Waals surface area contributed by atoms with Gasteiger partial charge >= 0.3 is 0 Å². The van der Waals surface area contributed by atoms with Gasteiger partial charge in [0, 0.05) is 23.6 Å². The molecular weight excluding hydrogens is 316 g/mol. The van der Waals surface area contributed by atoms with Gasteiger partial charge in [-0.15, -0.1) is 12.4 Å². The van der Waals surface area contributed by atoms with E-state index in [2.05, 4.69) is 5.32 Å². The number of hydrogen-bond acceptors (Lipinski definition) is 4. The van der Waals surface area contributed by atoms with Crippen LogP contribution in [0.5, 0.6) is 5.75 Å². The van der Waals surface area contributed by atoms with E-state index in [1.807, 2.05) is 38.1 Å². The molecular formula is C17H25ClN2O3. The number of carbonyl (C=O) groups excluding carboxylic acids is 1. The maximum absolute atomic E-state index is 12.8. The number of anilines is 1. The third kappa shape index (κ3) is 2.61. The fourth-order valence-electron chi connectivity index (χ4n) is 3.95. The Kier molecular flexibility index (Phi) is 4.95. The van der Waals surface area contributed by atoms with Gasteiger partial charge in [-0.3, -0.25) is 4.79 Å². The molecule has 1 saturated carbocycles. The quantitative estimate of drug-likeness (QED) is 0.887. The number of amides is 1. The molecule has 0 radical (unpaired) electrons. The predicted molar refractivity (Wildman–Crippen MR) is 92.0 cm³/mol. The topological polar surface area (TPSA) is 73.6 Å². The lowest BCUT2D eigenvalue weighted by Crippen LogP contribution is -2.81. The van der Waals surface area contributed by atoms with Crippen LogP contribution < -0.4 is 15.8 Å². The molecule has 3 atom stereocenters. The monoisotopic (exact) mass is 340 g/mol. The number of fused-ring (bicyclic) bond motifs is 1. The summed E-state index contributed by atoms with van der Waals surface area (Å²) >= 11 is 0. The van der Waals surface area contributed by atoms with Crippen LogP contribution in [0.4, 0.5) is 5.69 Å². The minimum absolute atomic E-state index is 0. The number of halogens is 1. The molecule has 5 nitrogen and oxygen atoms in total. The Labute approximate surface area is 143 Å². The average molecular weight is 341 g/mol. The van der Waals surface area contributed by atoms with Crippen molar-refractivity contribution >= 4 is 24.0 Å². The molecule has 1 aromatic rings. The van der Waals surface area contributed by atoms with Gasteiger partial charge in [-0.2, -0.15) is 0 Å². The van der Waals surface area contributed by atoms with Crippen LogP contribution in [0.3, 0.4) is 0 Å². The van der Waals surface area contributed by atoms with Gasteiger partial charge < -0.3 is 20.5 Å². The van der Waals surface area contributed by atoms with Crippen LogP contribution in [0.2, 0.25) is 0 Å². The van der Waals surface area contributed by atoms with Gasteiger partial charge in [0.15, 0.2) is 0 Å². The molecule has 6 heteroatoms. The highest BCUT2D eigenvalue weighted by Crippen LogP contribution is 2.57. The number of carbonyl (C=O) groups is 1. The highest BCUT2D eigenvalue weighted by molar-refractivity contribution is 6.00. The maximum atomic E-state index is 12.8. The van der Waals surface area contributed by atoms with E-state index in [4.69, 9.17) is 15.2 Å². The Morgan fingerprint density at radius 2 is 2.00 bits per heavy atom. The second-order valence-electron chi connectivity index (χ2n) is 6.81. The molecule has 0 bridgehead atoms. The van der Waals surface area contributed by atoms with Crippen molar-refractivity contribution in [2.45, 2.75) is 38.3 Å². The van der Waals surface area contributed by atoms with Gasteiger partial charge in [0.25, 0.3) is 0 Å². The Morgan fingerprint density at radius 3 is 2.61 bits per heavy atom. The second kappa shape index (κ2) is 6.30. The van der Waals surface area contributed by atoms with Crippen LogP contribution >= 0.6 is 12.4 Å². The number of rotatable bonds is 3. The van der Waals surface area contributed by atoms with E-state index < -0.39 is 5.54 Å². The van der Waals surface area contributed by atoms with Gasteiger partial charge in [-0.1, -0.05) is 13.8 Å². The fourth-order valence-corrected chi connectivity index (χ4v) is 3.95. The summed E-state index contributed by atoms with van der Waals surface area (Å²) in [5, 5.41) is 2.95. The molecule has 3 N–H and O–H groups in total. The van der Waals surface area contributed by atoms with Crippen molar-refractivity contribution in [2.24, 2.45) is 17.1 Å². The zero-order valence-electron chi connectivity index (χ0n) is 13.8. The van der Waals surface area contributed by atoms with Gasteiger partial charge in [0.05, 0.1) is 13.2 Å². The zero-order chi connectivity index (χ0) is 16.0. The van der Waals surface area contributed by atoms with E-state index in [1.54, 1.807) is 7.11 Å². The SMILES string of the molecule is COc1ccc(NC(=O)C2(N)C3CCCOC3C2(C)C)cc1.Cl. The first-order valence-electron chi connectivity index (χ1n) is 7.77. The van der Waals surface area contributed by atoms with E-state index in [1.165, 1.54) is 0 Å². The summed E-state index contributed by atoms with van der Waals surface area (Å²) in [6.07, 6.45) is 1.99. The number of hydrogen-bond donors (Lipinski definition) is 2. The van der Waals surface area contributed by atoms with E-state index in [0.29, 0.717) is 0 Å². The average Bonchev–Trinajstić information content (AvgIpc) is 2.54. The minimum atomic E-state index is -0.891. The summed E-state index contributed by atoms with van der Waals surface area (Å²) in [5.41, 5.74) is 6.04. The Balaban J connectivity index is 0.00000192. The molecule has 128 valence electrons. The third-order valence-corrected chi connectivity index (χ3v) is 5.41. The molecule has 23 heavy (non-hydrogen) atoms. The number of benzene rings is 1. The third-order valence-electron chi connectivity index (χ3n) is 5.41. The van der Waals surface area contributed by atoms with Crippen molar-refractivity contribution in [3.05, 3.63) is 24.3 Å². The van der Waals surface area contributed by atoms with E-state index in [0.717, 1.165) is 30.9 Å². The number of nitrogens with two attached hydrogens (primary N) is 1. The summed E-state index contributed by atoms with van der Waals surface area (Å²) in [7, 11) is 1.61. The first kappa shape index (κ1) is 18.0. The smallest absolute Gasteiger partial charge is 0.245 e. The predicted octanol–water partition coefficient (Wildman–Crippen LogP) is 2.59. The zero-order valence-corrected chi connectivity index (χ0v) is 14.6. The van der Waals surface area contributed by atoms with E-state index in [-0.39, 0.29) is 35.8 Å². The fraction of sp³-hybridized carbons (Fsp3) is 0.588. The lowest BCUT2D eigenvalue weighted by atomic mass is 9.46. The summed E-state index contributed by atoms with van der Waals surface area (Å²) in [6.45, 7) is 4.81. The summed E-state index contributed by atoms with van der Waals surface area (Å²) in [5.74, 6) is 0.717. The standard InChI is InChI=1S/C17H24N2O3.ClH/c1-16(2)14-13(5-4-10-22-14)17(16,18)15(20)19-11-6-8-12(21-3)9-7-11;/h6-9,13-14H,4-5,10,18H2,1-3H3,(H,19,20);1H. The summed E-state index contributed by atoms with van der Waals surface area (Å²) in [6, 6.07) is 7.27. The normalized spacial score (nSPS) is 31.1. The van der Waals surface area contributed by atoms with Gasteiger partial charge in [0.2, 0.25) is 5.91 Å². The first-order valence-corrected chi connectivity index (χ1v) is 7.77. The van der Waals surface area contributed by atoms with Crippen molar-refractivity contribution in [1.29, 1.82) is 0 Å². The molecule has 3 unspecified atom stereocenters. The number of ether oxygens (including phenoxy) is 2. The maximum Gasteiger partial charge on any atom is 0.245 e. The Morgan fingerprint density at radius 1 is 1.35 bits per heavy atom. The molecule has 1 aromatic carbocycles. The minimum Gasteiger partial charge on any atom is -0.497 e. The molecule has 2 fully saturated rings. The molecule has 1 aliphatic heterocycles. The van der Waals surface area contributed by atoms with Gasteiger partial charge in [-0.25, -0.2) is 0 Å². The first-order chi connectivity index (χ1) is 10.4. The lowest BCUT2D eigenvalue weighted by Gasteiger charge is -2.65. The lowest BCUT2D eigenvalue weighted by molar-refractivity contribution is -0.222. The van der Waals surface area contributed by atoms with Crippen LogP contribution in [0.15, 0.2) is 24.3 Å². The van der Waals surface area contributed by atoms with Crippen LogP contribution in [-0.2, 0) is 9.53 Å². The molecule has 0 aromatic heterocycles. The van der Waals surface area contributed by atoms with Crippen molar-refractivity contribution in [1.82, 2.24) is 0 Å². The van der Waals surface area contributed by atoms with Gasteiger partial charge in [0.1, 0.15) is 11.3 Å².